The standard InChI is InChI=1S/C17H16FN3O2/c1-3-15(22-2)17-20-16(21-23-17)14-8-7-12(10-19-14)11-5-4-6-13(18)9-11/h4-10,15H,3H2,1-2H3. The van der Waals surface area contributed by atoms with E-state index < -0.39 is 0 Å². The first-order valence-corrected chi connectivity index (χ1v) is 7.30. The van der Waals surface area contributed by atoms with E-state index in [0.29, 0.717) is 17.4 Å². The Morgan fingerprint density at radius 3 is 2.74 bits per heavy atom. The first-order valence-electron chi connectivity index (χ1n) is 7.30. The Bertz CT molecular complexity index is 783. The topological polar surface area (TPSA) is 61.0 Å². The zero-order valence-corrected chi connectivity index (χ0v) is 12.9. The fourth-order valence-corrected chi connectivity index (χ4v) is 2.28. The molecule has 5 nitrogen and oxygen atoms in total. The van der Waals surface area contributed by atoms with Gasteiger partial charge in [0.1, 0.15) is 17.6 Å². The molecule has 1 atom stereocenters. The molecule has 118 valence electrons. The summed E-state index contributed by atoms with van der Waals surface area (Å²) in [4.78, 5) is 8.64. The molecule has 1 unspecified atom stereocenters. The van der Waals surface area contributed by atoms with Gasteiger partial charge in [-0.2, -0.15) is 4.98 Å². The Balaban J connectivity index is 1.85. The van der Waals surface area contributed by atoms with Gasteiger partial charge in [-0.1, -0.05) is 30.3 Å². The molecule has 3 rings (SSSR count). The molecule has 3 aromatic rings. The van der Waals surface area contributed by atoms with Crippen molar-refractivity contribution >= 4 is 0 Å². The molecule has 0 radical (unpaired) electrons. The van der Waals surface area contributed by atoms with Crippen molar-refractivity contribution in [2.24, 2.45) is 0 Å². The van der Waals surface area contributed by atoms with Gasteiger partial charge >= 0.3 is 0 Å². The molecule has 0 saturated heterocycles. The highest BCUT2D eigenvalue weighted by Gasteiger charge is 2.17. The Labute approximate surface area is 133 Å². The number of rotatable bonds is 5. The van der Waals surface area contributed by atoms with Crippen LogP contribution in [0.1, 0.15) is 25.3 Å². The fourth-order valence-electron chi connectivity index (χ4n) is 2.28. The van der Waals surface area contributed by atoms with Crippen molar-refractivity contribution in [3.8, 4) is 22.6 Å². The molecule has 0 aliphatic rings. The molecule has 0 aliphatic carbocycles. The highest BCUT2D eigenvalue weighted by Crippen LogP contribution is 2.24. The summed E-state index contributed by atoms with van der Waals surface area (Å²) in [6, 6.07) is 10.00. The first-order chi connectivity index (χ1) is 11.2. The van der Waals surface area contributed by atoms with Crippen molar-refractivity contribution in [2.75, 3.05) is 7.11 Å². The summed E-state index contributed by atoms with van der Waals surface area (Å²) in [5.74, 6) is 0.557. The molecule has 6 heteroatoms. The largest absolute Gasteiger partial charge is 0.372 e. The number of nitrogens with zero attached hydrogens (tertiary/aromatic N) is 3. The van der Waals surface area contributed by atoms with Crippen molar-refractivity contribution in [2.45, 2.75) is 19.4 Å². The van der Waals surface area contributed by atoms with Crippen LogP contribution in [0.15, 0.2) is 47.1 Å². The molecule has 1 aromatic carbocycles. The minimum atomic E-state index is -0.278. The van der Waals surface area contributed by atoms with Gasteiger partial charge in [0, 0.05) is 18.9 Å². The maximum atomic E-state index is 13.3. The van der Waals surface area contributed by atoms with Crippen LogP contribution in [-0.4, -0.2) is 22.2 Å². The van der Waals surface area contributed by atoms with Crippen LogP contribution in [0.5, 0.6) is 0 Å². The average molecular weight is 313 g/mol. The second-order valence-corrected chi connectivity index (χ2v) is 5.03. The predicted octanol–water partition coefficient (Wildman–Crippen LogP) is 4.04. The molecule has 0 amide bonds. The fraction of sp³-hybridized carbons (Fsp3) is 0.235. The van der Waals surface area contributed by atoms with E-state index in [1.54, 1.807) is 25.4 Å². The van der Waals surface area contributed by atoms with Gasteiger partial charge in [0.15, 0.2) is 0 Å². The molecule has 0 fully saturated rings. The van der Waals surface area contributed by atoms with Crippen LogP contribution in [0.3, 0.4) is 0 Å². The van der Waals surface area contributed by atoms with E-state index in [4.69, 9.17) is 9.26 Å². The molecule has 0 spiro atoms. The number of benzene rings is 1. The maximum Gasteiger partial charge on any atom is 0.256 e. The third kappa shape index (κ3) is 3.27. The summed E-state index contributed by atoms with van der Waals surface area (Å²) in [7, 11) is 1.60. The van der Waals surface area contributed by atoms with E-state index in [1.165, 1.54) is 12.1 Å². The lowest BCUT2D eigenvalue weighted by Gasteiger charge is -2.05. The normalized spacial score (nSPS) is 12.3. The SMILES string of the molecule is CCC(OC)c1nc(-c2ccc(-c3cccc(F)c3)cn2)no1. The molecular formula is C17H16FN3O2. The van der Waals surface area contributed by atoms with Crippen LogP contribution in [0.2, 0.25) is 0 Å². The summed E-state index contributed by atoms with van der Waals surface area (Å²) in [6.45, 7) is 1.98. The van der Waals surface area contributed by atoms with Gasteiger partial charge in [0.25, 0.3) is 5.89 Å². The monoisotopic (exact) mass is 313 g/mol. The number of methoxy groups -OCH3 is 1. The van der Waals surface area contributed by atoms with Crippen LogP contribution < -0.4 is 0 Å². The van der Waals surface area contributed by atoms with Crippen molar-refractivity contribution in [3.63, 3.8) is 0 Å². The van der Waals surface area contributed by atoms with Gasteiger partial charge in [-0.15, -0.1) is 0 Å². The molecule has 0 N–H and O–H groups in total. The minimum Gasteiger partial charge on any atom is -0.372 e. The lowest BCUT2D eigenvalue weighted by molar-refractivity contribution is 0.0706. The smallest absolute Gasteiger partial charge is 0.256 e. The van der Waals surface area contributed by atoms with Gasteiger partial charge in [-0.3, -0.25) is 4.98 Å². The number of ether oxygens (including phenoxy) is 1. The number of pyridine rings is 1. The zero-order valence-electron chi connectivity index (χ0n) is 12.9. The molecule has 0 aliphatic heterocycles. The summed E-state index contributed by atoms with van der Waals surface area (Å²) in [6.07, 6.45) is 2.18. The molecule has 0 saturated carbocycles. The summed E-state index contributed by atoms with van der Waals surface area (Å²) in [5, 5.41) is 3.93. The van der Waals surface area contributed by atoms with E-state index in [-0.39, 0.29) is 11.9 Å². The van der Waals surface area contributed by atoms with E-state index in [1.807, 2.05) is 19.1 Å². The Morgan fingerprint density at radius 2 is 2.09 bits per heavy atom. The third-order valence-corrected chi connectivity index (χ3v) is 3.52. The summed E-state index contributed by atoms with van der Waals surface area (Å²) >= 11 is 0. The summed E-state index contributed by atoms with van der Waals surface area (Å²) < 4.78 is 23.8. The van der Waals surface area contributed by atoms with Crippen LogP contribution in [0.25, 0.3) is 22.6 Å². The predicted molar refractivity (Wildman–Crippen MR) is 83.0 cm³/mol. The zero-order chi connectivity index (χ0) is 16.2. The Morgan fingerprint density at radius 1 is 1.22 bits per heavy atom. The number of hydrogen-bond acceptors (Lipinski definition) is 5. The Kier molecular flexibility index (Phi) is 4.43. The van der Waals surface area contributed by atoms with Crippen molar-refractivity contribution in [3.05, 3.63) is 54.3 Å². The van der Waals surface area contributed by atoms with Crippen molar-refractivity contribution in [1.82, 2.24) is 15.1 Å². The van der Waals surface area contributed by atoms with Gasteiger partial charge in [0.2, 0.25) is 5.82 Å². The first kappa shape index (κ1) is 15.3. The van der Waals surface area contributed by atoms with E-state index in [9.17, 15) is 4.39 Å². The minimum absolute atomic E-state index is 0.220. The number of halogens is 1. The number of hydrogen-bond donors (Lipinski definition) is 0. The average Bonchev–Trinajstić information content (AvgIpc) is 3.06. The number of aromatic nitrogens is 3. The van der Waals surface area contributed by atoms with Gasteiger partial charge in [-0.05, 0) is 30.2 Å². The molecule has 0 bridgehead atoms. The van der Waals surface area contributed by atoms with Crippen molar-refractivity contribution in [1.29, 1.82) is 0 Å². The van der Waals surface area contributed by atoms with E-state index >= 15 is 0 Å². The van der Waals surface area contributed by atoms with Crippen LogP contribution in [0.4, 0.5) is 4.39 Å². The van der Waals surface area contributed by atoms with E-state index in [2.05, 4.69) is 15.1 Å². The second kappa shape index (κ2) is 6.66. The van der Waals surface area contributed by atoms with Crippen LogP contribution in [-0.2, 0) is 4.74 Å². The molecule has 2 aromatic heterocycles. The highest BCUT2D eigenvalue weighted by molar-refractivity contribution is 5.64. The van der Waals surface area contributed by atoms with Crippen molar-refractivity contribution < 1.29 is 13.7 Å². The van der Waals surface area contributed by atoms with E-state index in [0.717, 1.165) is 17.5 Å². The van der Waals surface area contributed by atoms with Crippen LogP contribution >= 0.6 is 0 Å². The van der Waals surface area contributed by atoms with Gasteiger partial charge in [-0.25, -0.2) is 4.39 Å². The third-order valence-electron chi connectivity index (χ3n) is 3.52. The Hall–Kier alpha value is -2.60. The second-order valence-electron chi connectivity index (χ2n) is 5.03. The maximum absolute atomic E-state index is 13.3. The molecular weight excluding hydrogens is 297 g/mol. The molecule has 23 heavy (non-hydrogen) atoms. The van der Waals surface area contributed by atoms with Gasteiger partial charge in [0.05, 0.1) is 0 Å². The summed E-state index contributed by atoms with van der Waals surface area (Å²) in [5.41, 5.74) is 2.18. The van der Waals surface area contributed by atoms with Gasteiger partial charge < -0.3 is 9.26 Å². The van der Waals surface area contributed by atoms with Crippen LogP contribution in [0, 0.1) is 5.82 Å². The lowest BCUT2D eigenvalue weighted by Crippen LogP contribution is -1.99. The lowest BCUT2D eigenvalue weighted by atomic mass is 10.1. The molecule has 2 heterocycles. The quantitative estimate of drug-likeness (QED) is 0.711. The highest BCUT2D eigenvalue weighted by atomic mass is 19.1.